The molecular weight excluding hydrogens is 284 g/mol. The van der Waals surface area contributed by atoms with Crippen LogP contribution in [-0.2, 0) is 0 Å². The molecule has 1 aliphatic rings. The number of ether oxygens (including phenoxy) is 1. The van der Waals surface area contributed by atoms with E-state index in [0.29, 0.717) is 17.9 Å². The van der Waals surface area contributed by atoms with Gasteiger partial charge in [0.25, 0.3) is 0 Å². The fourth-order valence-corrected chi connectivity index (χ4v) is 2.95. The largest absolute Gasteiger partial charge is 0.433 e. The van der Waals surface area contributed by atoms with Crippen molar-refractivity contribution in [1.29, 1.82) is 0 Å². The minimum atomic E-state index is -2.86. The summed E-state index contributed by atoms with van der Waals surface area (Å²) < 4.78 is 28.7. The molecule has 3 unspecified atom stereocenters. The highest BCUT2D eigenvalue weighted by molar-refractivity contribution is 6.32. The average molecular weight is 304 g/mol. The van der Waals surface area contributed by atoms with Gasteiger partial charge in [-0.25, -0.2) is 0 Å². The molecule has 0 radical (unpaired) electrons. The Hall–Kier alpha value is -1.03. The number of alkyl halides is 2. The van der Waals surface area contributed by atoms with Gasteiger partial charge >= 0.3 is 6.61 Å². The smallest absolute Gasteiger partial charge is 0.387 e. The third-order valence-corrected chi connectivity index (χ3v) is 4.25. The highest BCUT2D eigenvalue weighted by Crippen LogP contribution is 2.33. The van der Waals surface area contributed by atoms with Crippen molar-refractivity contribution in [2.24, 2.45) is 11.8 Å². The molecule has 0 amide bonds. The van der Waals surface area contributed by atoms with Crippen molar-refractivity contribution in [3.8, 4) is 5.75 Å². The van der Waals surface area contributed by atoms with E-state index in [9.17, 15) is 8.78 Å². The third-order valence-electron chi connectivity index (χ3n) is 3.96. The molecular formula is C15H20ClF2NO. The second kappa shape index (κ2) is 6.61. The van der Waals surface area contributed by atoms with Gasteiger partial charge in [0.05, 0.1) is 5.02 Å². The zero-order valence-corrected chi connectivity index (χ0v) is 12.5. The molecule has 0 saturated heterocycles. The standard InChI is InChI=1S/C15H20ClF2NO/c1-9-3-4-10(2)13(7-9)19-11-5-6-14(12(16)8-11)20-15(17)18/h5-6,8-10,13,15,19H,3-4,7H2,1-2H3. The molecule has 1 aromatic carbocycles. The van der Waals surface area contributed by atoms with Crippen LogP contribution in [0.25, 0.3) is 0 Å². The Balaban J connectivity index is 2.04. The van der Waals surface area contributed by atoms with E-state index in [2.05, 4.69) is 23.9 Å². The minimum absolute atomic E-state index is 0.0114. The maximum atomic E-state index is 12.2. The van der Waals surface area contributed by atoms with E-state index in [1.54, 1.807) is 12.1 Å². The lowest BCUT2D eigenvalue weighted by Crippen LogP contribution is -2.33. The normalized spacial score (nSPS) is 26.6. The topological polar surface area (TPSA) is 21.3 Å². The first-order chi connectivity index (χ1) is 9.45. The SMILES string of the molecule is CC1CCC(C)C(Nc2ccc(OC(F)F)c(Cl)c2)C1. The van der Waals surface area contributed by atoms with E-state index >= 15 is 0 Å². The van der Waals surface area contributed by atoms with E-state index in [1.165, 1.54) is 18.9 Å². The van der Waals surface area contributed by atoms with Crippen molar-refractivity contribution in [1.82, 2.24) is 0 Å². The van der Waals surface area contributed by atoms with Gasteiger partial charge in [0.15, 0.2) is 0 Å². The van der Waals surface area contributed by atoms with Gasteiger partial charge in [0, 0.05) is 11.7 Å². The second-order valence-electron chi connectivity index (χ2n) is 5.67. The summed E-state index contributed by atoms with van der Waals surface area (Å²) in [6.45, 7) is 1.64. The van der Waals surface area contributed by atoms with Gasteiger partial charge in [-0.2, -0.15) is 8.78 Å². The van der Waals surface area contributed by atoms with Crippen molar-refractivity contribution in [3.63, 3.8) is 0 Å². The van der Waals surface area contributed by atoms with E-state index < -0.39 is 6.61 Å². The number of hydrogen-bond acceptors (Lipinski definition) is 2. The van der Waals surface area contributed by atoms with Gasteiger partial charge in [-0.15, -0.1) is 0 Å². The van der Waals surface area contributed by atoms with E-state index in [1.807, 2.05) is 0 Å². The maximum absolute atomic E-state index is 12.2. The molecule has 5 heteroatoms. The summed E-state index contributed by atoms with van der Waals surface area (Å²) in [5, 5.41) is 3.66. The number of rotatable bonds is 4. The molecule has 0 heterocycles. The zero-order valence-electron chi connectivity index (χ0n) is 11.7. The number of benzene rings is 1. The summed E-state index contributed by atoms with van der Waals surface area (Å²) in [4.78, 5) is 0. The van der Waals surface area contributed by atoms with Crippen molar-refractivity contribution in [3.05, 3.63) is 23.2 Å². The molecule has 0 bridgehead atoms. The fourth-order valence-electron chi connectivity index (χ4n) is 2.73. The van der Waals surface area contributed by atoms with E-state index in [-0.39, 0.29) is 10.8 Å². The quantitative estimate of drug-likeness (QED) is 0.827. The molecule has 2 nitrogen and oxygen atoms in total. The summed E-state index contributed by atoms with van der Waals surface area (Å²) in [5.74, 6) is 1.32. The van der Waals surface area contributed by atoms with E-state index in [4.69, 9.17) is 11.6 Å². The summed E-state index contributed by atoms with van der Waals surface area (Å²) in [5.41, 5.74) is 0.850. The summed E-state index contributed by atoms with van der Waals surface area (Å²) >= 11 is 5.96. The van der Waals surface area contributed by atoms with Crippen LogP contribution in [0.4, 0.5) is 14.5 Å². The van der Waals surface area contributed by atoms with Crippen molar-refractivity contribution in [2.75, 3.05) is 5.32 Å². The molecule has 2 rings (SSSR count). The molecule has 112 valence electrons. The number of hydrogen-bond donors (Lipinski definition) is 1. The van der Waals surface area contributed by atoms with Crippen LogP contribution in [0.5, 0.6) is 5.75 Å². The number of nitrogens with one attached hydrogen (secondary N) is 1. The molecule has 1 saturated carbocycles. The van der Waals surface area contributed by atoms with Crippen molar-refractivity contribution >= 4 is 17.3 Å². The monoisotopic (exact) mass is 303 g/mol. The first-order valence-electron chi connectivity index (χ1n) is 6.96. The van der Waals surface area contributed by atoms with Crippen molar-refractivity contribution in [2.45, 2.75) is 45.8 Å². The molecule has 1 aromatic rings. The molecule has 3 atom stereocenters. The Morgan fingerprint density at radius 1 is 1.30 bits per heavy atom. The molecule has 0 spiro atoms. The molecule has 1 aliphatic carbocycles. The van der Waals surface area contributed by atoms with Gasteiger partial charge < -0.3 is 10.1 Å². The van der Waals surface area contributed by atoms with Crippen LogP contribution >= 0.6 is 11.6 Å². The third kappa shape index (κ3) is 3.98. The van der Waals surface area contributed by atoms with Gasteiger partial charge in [-0.1, -0.05) is 31.9 Å². The molecule has 1 N–H and O–H groups in total. The number of anilines is 1. The van der Waals surface area contributed by atoms with Gasteiger partial charge in [0.2, 0.25) is 0 Å². The van der Waals surface area contributed by atoms with Gasteiger partial charge in [0.1, 0.15) is 5.75 Å². The lowest BCUT2D eigenvalue weighted by Gasteiger charge is -2.34. The van der Waals surface area contributed by atoms with Crippen LogP contribution in [0.2, 0.25) is 5.02 Å². The fraction of sp³-hybridized carbons (Fsp3) is 0.600. The van der Waals surface area contributed by atoms with Gasteiger partial charge in [-0.05, 0) is 42.9 Å². The first kappa shape index (κ1) is 15.4. The molecule has 20 heavy (non-hydrogen) atoms. The maximum Gasteiger partial charge on any atom is 0.387 e. The highest BCUT2D eigenvalue weighted by Gasteiger charge is 2.25. The van der Waals surface area contributed by atoms with Crippen LogP contribution in [0.15, 0.2) is 18.2 Å². The Labute approximate surface area is 123 Å². The summed E-state index contributed by atoms with van der Waals surface area (Å²) in [7, 11) is 0. The Kier molecular flexibility index (Phi) is 5.08. The van der Waals surface area contributed by atoms with Crippen molar-refractivity contribution < 1.29 is 13.5 Å². The number of halogens is 3. The predicted molar refractivity (Wildman–Crippen MR) is 77.7 cm³/mol. The second-order valence-corrected chi connectivity index (χ2v) is 6.08. The predicted octanol–water partition coefficient (Wildman–Crippen LogP) is 5.18. The summed E-state index contributed by atoms with van der Waals surface area (Å²) in [6, 6.07) is 5.26. The van der Waals surface area contributed by atoms with E-state index in [0.717, 1.165) is 12.1 Å². The highest BCUT2D eigenvalue weighted by atomic mass is 35.5. The zero-order chi connectivity index (χ0) is 14.7. The first-order valence-corrected chi connectivity index (χ1v) is 7.34. The summed E-state index contributed by atoms with van der Waals surface area (Å²) in [6.07, 6.45) is 3.59. The Bertz CT molecular complexity index is 455. The molecule has 0 aliphatic heterocycles. The molecule has 1 fully saturated rings. The Morgan fingerprint density at radius 2 is 2.05 bits per heavy atom. The van der Waals surface area contributed by atoms with Crippen LogP contribution in [0.3, 0.4) is 0 Å². The lowest BCUT2D eigenvalue weighted by molar-refractivity contribution is -0.0497. The Morgan fingerprint density at radius 3 is 2.70 bits per heavy atom. The van der Waals surface area contributed by atoms with Crippen LogP contribution in [-0.4, -0.2) is 12.7 Å². The van der Waals surface area contributed by atoms with Crippen LogP contribution in [0.1, 0.15) is 33.1 Å². The minimum Gasteiger partial charge on any atom is -0.433 e. The lowest BCUT2D eigenvalue weighted by atomic mass is 9.80. The van der Waals surface area contributed by atoms with Crippen LogP contribution in [0, 0.1) is 11.8 Å². The van der Waals surface area contributed by atoms with Crippen LogP contribution < -0.4 is 10.1 Å². The van der Waals surface area contributed by atoms with Gasteiger partial charge in [-0.3, -0.25) is 0 Å². The molecule has 0 aromatic heterocycles. The average Bonchev–Trinajstić information content (AvgIpc) is 2.37.